The molecule has 21 heavy (non-hydrogen) atoms. The van der Waals surface area contributed by atoms with E-state index < -0.39 is 0 Å². The number of thiophene rings is 1. The first-order chi connectivity index (χ1) is 10.4. The first-order valence-electron chi connectivity index (χ1n) is 6.94. The minimum absolute atomic E-state index is 0.651. The Labute approximate surface area is 129 Å². The molecule has 2 rings (SSSR count). The first kappa shape index (κ1) is 15.6. The largest absolute Gasteiger partial charge is 0.469 e. The Hall–Kier alpha value is -1.79. The molecule has 0 aliphatic heterocycles. The van der Waals surface area contributed by atoms with Gasteiger partial charge in [-0.3, -0.25) is 0 Å². The summed E-state index contributed by atoms with van der Waals surface area (Å²) < 4.78 is 10.4. The molecule has 0 unspecified atom stereocenters. The Bertz CT molecular complexity index is 509. The molecular weight excluding hydrogens is 286 g/mol. The number of hydrogen-bond acceptors (Lipinski definition) is 4. The minimum Gasteiger partial charge on any atom is -0.469 e. The van der Waals surface area contributed by atoms with Gasteiger partial charge in [0.15, 0.2) is 5.96 Å². The van der Waals surface area contributed by atoms with E-state index in [2.05, 4.69) is 27.1 Å². The van der Waals surface area contributed by atoms with Crippen molar-refractivity contribution in [2.75, 3.05) is 26.8 Å². The molecule has 2 aromatic heterocycles. The summed E-state index contributed by atoms with van der Waals surface area (Å²) >= 11 is 1.71. The second-order valence-electron chi connectivity index (χ2n) is 4.42. The topological polar surface area (TPSA) is 58.8 Å². The summed E-state index contributed by atoms with van der Waals surface area (Å²) in [5, 5.41) is 8.62. The zero-order valence-corrected chi connectivity index (χ0v) is 13.0. The van der Waals surface area contributed by atoms with Gasteiger partial charge in [0.2, 0.25) is 0 Å². The quantitative estimate of drug-likeness (QED) is 0.446. The van der Waals surface area contributed by atoms with Gasteiger partial charge in [0, 0.05) is 31.5 Å². The van der Waals surface area contributed by atoms with Crippen molar-refractivity contribution in [3.8, 4) is 0 Å². The molecule has 2 heterocycles. The Kier molecular flexibility index (Phi) is 6.83. The van der Waals surface area contributed by atoms with Gasteiger partial charge >= 0.3 is 0 Å². The number of rotatable bonds is 8. The Balaban J connectivity index is 1.80. The average molecular weight is 307 g/mol. The van der Waals surface area contributed by atoms with E-state index in [1.807, 2.05) is 18.2 Å². The Morgan fingerprint density at radius 1 is 1.29 bits per heavy atom. The highest BCUT2D eigenvalue weighted by Crippen LogP contribution is 2.09. The van der Waals surface area contributed by atoms with Crippen LogP contribution in [0, 0.1) is 0 Å². The summed E-state index contributed by atoms with van der Waals surface area (Å²) in [6, 6.07) is 8.00. The third kappa shape index (κ3) is 6.01. The summed E-state index contributed by atoms with van der Waals surface area (Å²) in [5.74, 6) is 1.77. The van der Waals surface area contributed by atoms with Crippen LogP contribution in [0.25, 0.3) is 0 Å². The molecule has 0 saturated carbocycles. The van der Waals surface area contributed by atoms with E-state index in [1.54, 1.807) is 24.7 Å². The molecular formula is C15H21N3O2S. The fourth-order valence-corrected chi connectivity index (χ4v) is 2.39. The van der Waals surface area contributed by atoms with Crippen LogP contribution in [0.15, 0.2) is 45.3 Å². The molecule has 0 aromatic carbocycles. The number of furan rings is 1. The molecule has 5 nitrogen and oxygen atoms in total. The second-order valence-corrected chi connectivity index (χ2v) is 5.45. The maximum atomic E-state index is 5.31. The molecule has 0 saturated heterocycles. The zero-order valence-electron chi connectivity index (χ0n) is 12.2. The van der Waals surface area contributed by atoms with Crippen molar-refractivity contribution in [3.05, 3.63) is 46.5 Å². The van der Waals surface area contributed by atoms with Gasteiger partial charge in [0.25, 0.3) is 0 Å². The van der Waals surface area contributed by atoms with Crippen molar-refractivity contribution >= 4 is 17.3 Å². The minimum atomic E-state index is 0.651. The monoisotopic (exact) mass is 307 g/mol. The number of guanidine groups is 1. The third-order valence-corrected chi connectivity index (χ3v) is 3.68. The van der Waals surface area contributed by atoms with E-state index in [9.17, 15) is 0 Å². The van der Waals surface area contributed by atoms with Crippen LogP contribution in [-0.4, -0.2) is 32.8 Å². The summed E-state index contributed by atoms with van der Waals surface area (Å²) in [5.41, 5.74) is 0. The number of nitrogens with one attached hydrogen (secondary N) is 2. The molecule has 0 amide bonds. The lowest BCUT2D eigenvalue weighted by Gasteiger charge is -2.11. The van der Waals surface area contributed by atoms with Crippen LogP contribution in [0.2, 0.25) is 0 Å². The molecule has 0 aliphatic rings. The third-order valence-electron chi connectivity index (χ3n) is 2.82. The summed E-state index contributed by atoms with van der Waals surface area (Å²) in [7, 11) is 1.69. The van der Waals surface area contributed by atoms with Gasteiger partial charge in [0.1, 0.15) is 5.76 Å². The summed E-state index contributed by atoms with van der Waals surface area (Å²) in [6.07, 6.45) is 2.52. The van der Waals surface area contributed by atoms with Crippen molar-refractivity contribution in [3.63, 3.8) is 0 Å². The van der Waals surface area contributed by atoms with Crippen molar-refractivity contribution in [2.24, 2.45) is 4.99 Å². The standard InChI is InChI=1S/C15H21N3O2S/c1-19-10-8-17-15(18-12-14-5-3-11-21-14)16-7-6-13-4-2-9-20-13/h2-5,9,11H,6-8,10,12H2,1H3,(H2,16,17,18). The number of methoxy groups -OCH3 is 1. The van der Waals surface area contributed by atoms with Crippen LogP contribution in [0.3, 0.4) is 0 Å². The SMILES string of the molecule is COCCNC(=NCc1cccs1)NCCc1ccco1. The molecule has 6 heteroatoms. The maximum Gasteiger partial charge on any atom is 0.191 e. The van der Waals surface area contributed by atoms with Gasteiger partial charge in [-0.25, -0.2) is 4.99 Å². The Morgan fingerprint density at radius 2 is 2.19 bits per heavy atom. The number of ether oxygens (including phenoxy) is 1. The van der Waals surface area contributed by atoms with Crippen LogP contribution >= 0.6 is 11.3 Å². The fourth-order valence-electron chi connectivity index (χ4n) is 1.76. The van der Waals surface area contributed by atoms with Gasteiger partial charge in [-0.2, -0.15) is 0 Å². The van der Waals surface area contributed by atoms with Gasteiger partial charge in [-0.1, -0.05) is 6.07 Å². The molecule has 0 radical (unpaired) electrons. The van der Waals surface area contributed by atoms with Gasteiger partial charge in [-0.15, -0.1) is 11.3 Å². The molecule has 0 bridgehead atoms. The maximum absolute atomic E-state index is 5.31. The lowest BCUT2D eigenvalue weighted by Crippen LogP contribution is -2.39. The lowest BCUT2D eigenvalue weighted by atomic mass is 10.3. The molecule has 2 aromatic rings. The van der Waals surface area contributed by atoms with E-state index in [0.717, 1.165) is 31.2 Å². The van der Waals surface area contributed by atoms with E-state index in [0.29, 0.717) is 13.2 Å². The lowest BCUT2D eigenvalue weighted by molar-refractivity contribution is 0.203. The molecule has 0 aliphatic carbocycles. The average Bonchev–Trinajstić information content (AvgIpc) is 3.18. The number of aliphatic imine (C=N–C) groups is 1. The predicted molar refractivity (Wildman–Crippen MR) is 85.8 cm³/mol. The predicted octanol–water partition coefficient (Wildman–Crippen LogP) is 2.27. The molecule has 114 valence electrons. The Morgan fingerprint density at radius 3 is 2.90 bits per heavy atom. The highest BCUT2D eigenvalue weighted by molar-refractivity contribution is 7.09. The van der Waals surface area contributed by atoms with Crippen molar-refractivity contribution in [1.29, 1.82) is 0 Å². The fraction of sp³-hybridized carbons (Fsp3) is 0.400. The number of nitrogens with zero attached hydrogens (tertiary/aromatic N) is 1. The van der Waals surface area contributed by atoms with Crippen LogP contribution in [0.4, 0.5) is 0 Å². The molecule has 0 fully saturated rings. The van der Waals surface area contributed by atoms with E-state index in [-0.39, 0.29) is 0 Å². The van der Waals surface area contributed by atoms with Gasteiger partial charge in [-0.05, 0) is 23.6 Å². The van der Waals surface area contributed by atoms with Crippen LogP contribution in [-0.2, 0) is 17.7 Å². The second kappa shape index (κ2) is 9.20. The smallest absolute Gasteiger partial charge is 0.191 e. The van der Waals surface area contributed by atoms with E-state index >= 15 is 0 Å². The normalized spacial score (nSPS) is 11.6. The van der Waals surface area contributed by atoms with Crippen molar-refractivity contribution < 1.29 is 9.15 Å². The summed E-state index contributed by atoms with van der Waals surface area (Å²) in [4.78, 5) is 5.82. The van der Waals surface area contributed by atoms with E-state index in [1.165, 1.54) is 4.88 Å². The highest BCUT2D eigenvalue weighted by atomic mass is 32.1. The van der Waals surface area contributed by atoms with Crippen LogP contribution in [0.5, 0.6) is 0 Å². The highest BCUT2D eigenvalue weighted by Gasteiger charge is 2.00. The van der Waals surface area contributed by atoms with Crippen LogP contribution in [0.1, 0.15) is 10.6 Å². The van der Waals surface area contributed by atoms with Crippen LogP contribution < -0.4 is 10.6 Å². The van der Waals surface area contributed by atoms with Gasteiger partial charge in [0.05, 0.1) is 19.4 Å². The van der Waals surface area contributed by atoms with Crippen molar-refractivity contribution in [2.45, 2.75) is 13.0 Å². The molecule has 2 N–H and O–H groups in total. The summed E-state index contributed by atoms with van der Waals surface area (Å²) in [6.45, 7) is 2.84. The molecule has 0 atom stereocenters. The van der Waals surface area contributed by atoms with Crippen molar-refractivity contribution in [1.82, 2.24) is 10.6 Å². The van der Waals surface area contributed by atoms with E-state index in [4.69, 9.17) is 9.15 Å². The zero-order chi connectivity index (χ0) is 14.8. The first-order valence-corrected chi connectivity index (χ1v) is 7.82. The molecule has 0 spiro atoms. The number of hydrogen-bond donors (Lipinski definition) is 2. The van der Waals surface area contributed by atoms with Gasteiger partial charge < -0.3 is 19.8 Å².